The van der Waals surface area contributed by atoms with Crippen molar-refractivity contribution in [1.82, 2.24) is 29.7 Å². The average molecular weight is 549 g/mol. The Balaban J connectivity index is 1.05. The molecule has 10 nitrogen and oxygen atoms in total. The van der Waals surface area contributed by atoms with Crippen LogP contribution in [0.3, 0.4) is 0 Å². The number of amidine groups is 1. The van der Waals surface area contributed by atoms with Gasteiger partial charge in [-0.3, -0.25) is 4.68 Å². The van der Waals surface area contributed by atoms with Gasteiger partial charge in [-0.25, -0.2) is 20.0 Å². The van der Waals surface area contributed by atoms with Gasteiger partial charge in [-0.05, 0) is 37.8 Å². The van der Waals surface area contributed by atoms with Gasteiger partial charge in [-0.1, -0.05) is 47.2 Å². The molecule has 10 heteroatoms. The van der Waals surface area contributed by atoms with Crippen LogP contribution in [0.2, 0.25) is 0 Å². The molecule has 1 aliphatic carbocycles. The van der Waals surface area contributed by atoms with Gasteiger partial charge in [0.25, 0.3) is 0 Å². The molecule has 0 N–H and O–H groups in total. The molecular formula is C31H34N9O. The van der Waals surface area contributed by atoms with Gasteiger partial charge >= 0.3 is 0 Å². The quantitative estimate of drug-likeness (QED) is 0.314. The first kappa shape index (κ1) is 26.8. The van der Waals surface area contributed by atoms with E-state index in [1.165, 1.54) is 12.8 Å². The third-order valence-electron chi connectivity index (χ3n) is 7.38. The number of rotatable bonds is 10. The molecule has 3 aromatic rings. The fraction of sp³-hybridized carbons (Fsp3) is 0.323. The monoisotopic (exact) mass is 548 g/mol. The molecule has 0 unspecified atom stereocenters. The Morgan fingerprint density at radius 3 is 2.66 bits per heavy atom. The van der Waals surface area contributed by atoms with E-state index in [2.05, 4.69) is 49.4 Å². The van der Waals surface area contributed by atoms with E-state index in [-0.39, 0.29) is 0 Å². The number of hydrogen-bond acceptors (Lipinski definition) is 8. The molecule has 0 atom stereocenters. The van der Waals surface area contributed by atoms with E-state index in [0.29, 0.717) is 36.3 Å². The standard InChI is InChI=1S/C31H34N9O/c1-4-29(27-17-34-38(3)21-27)35-31-22(2)36-37-40(31)20-23-7-5-8-26(15-23)30-32-18-28(19-33-30)41-14-6-11-39-12-9-24-16-25(24)10-13-39/h4-5,7-8,15-19,21H,2,6,9-14,20H2,1,3H3/b29-4-,35-31?. The number of benzene rings is 1. The summed E-state index contributed by atoms with van der Waals surface area (Å²) in [5.41, 5.74) is 7.32. The summed E-state index contributed by atoms with van der Waals surface area (Å²) in [5, 5.41) is 14.5. The number of allylic oxidation sites excluding steroid dienone is 1. The third-order valence-corrected chi connectivity index (χ3v) is 7.38. The lowest BCUT2D eigenvalue weighted by Crippen LogP contribution is -2.27. The number of nitrogens with zero attached hydrogens (tertiary/aromatic N) is 9. The van der Waals surface area contributed by atoms with E-state index in [1.54, 1.807) is 39.4 Å². The van der Waals surface area contributed by atoms with Gasteiger partial charge in [-0.2, -0.15) is 5.10 Å². The minimum atomic E-state index is 0.481. The smallest absolute Gasteiger partial charge is 0.178 e. The van der Waals surface area contributed by atoms with Crippen LogP contribution in [0.5, 0.6) is 5.75 Å². The summed E-state index contributed by atoms with van der Waals surface area (Å²) in [6, 6.07) is 8.08. The second-order valence-corrected chi connectivity index (χ2v) is 10.4. The van der Waals surface area contributed by atoms with Gasteiger partial charge in [0, 0.05) is 50.4 Å². The van der Waals surface area contributed by atoms with E-state index < -0.39 is 0 Å². The zero-order valence-electron chi connectivity index (χ0n) is 23.6. The Hall–Kier alpha value is -4.44. The normalized spacial score (nSPS) is 18.3. The van der Waals surface area contributed by atoms with Gasteiger partial charge < -0.3 is 9.64 Å². The summed E-state index contributed by atoms with van der Waals surface area (Å²) < 4.78 is 7.68. The highest BCUT2D eigenvalue weighted by Crippen LogP contribution is 2.37. The first-order valence-electron chi connectivity index (χ1n) is 14.0. The lowest BCUT2D eigenvalue weighted by molar-refractivity contribution is 0.239. The highest BCUT2D eigenvalue weighted by atomic mass is 16.5. The molecule has 1 aromatic carbocycles. The number of hydrogen-bond donors (Lipinski definition) is 0. The SMILES string of the molecule is C=C1N=NN(Cc2cccc(-c3ncc(OCCCN4CCC5=C([CH]5)CC4)cn3)c2)C1=N/C(=C\C)c1cnn(C)c1. The van der Waals surface area contributed by atoms with Crippen molar-refractivity contribution in [2.45, 2.75) is 32.7 Å². The van der Waals surface area contributed by atoms with Crippen LogP contribution in [0.25, 0.3) is 17.1 Å². The Morgan fingerprint density at radius 1 is 1.12 bits per heavy atom. The Bertz CT molecular complexity index is 1530. The van der Waals surface area contributed by atoms with Crippen molar-refractivity contribution >= 4 is 11.5 Å². The highest BCUT2D eigenvalue weighted by molar-refractivity contribution is 6.01. The molecule has 4 heterocycles. The number of aryl methyl sites for hydroxylation is 1. The van der Waals surface area contributed by atoms with Crippen molar-refractivity contribution in [3.8, 4) is 17.1 Å². The Labute approximate surface area is 240 Å². The summed E-state index contributed by atoms with van der Waals surface area (Å²) in [4.78, 5) is 16.5. The average Bonchev–Trinajstić information content (AvgIpc) is 3.54. The van der Waals surface area contributed by atoms with Crippen molar-refractivity contribution in [2.24, 2.45) is 22.4 Å². The van der Waals surface area contributed by atoms with Crippen LogP contribution >= 0.6 is 0 Å². The third kappa shape index (κ3) is 6.49. The van der Waals surface area contributed by atoms with Crippen LogP contribution in [-0.2, 0) is 13.6 Å². The molecule has 6 rings (SSSR count). The van der Waals surface area contributed by atoms with Crippen LogP contribution in [0.1, 0.15) is 37.3 Å². The Morgan fingerprint density at radius 2 is 1.93 bits per heavy atom. The van der Waals surface area contributed by atoms with Gasteiger partial charge in [0.2, 0.25) is 0 Å². The maximum absolute atomic E-state index is 5.93. The molecule has 209 valence electrons. The molecule has 0 amide bonds. The number of aromatic nitrogens is 4. The molecule has 2 aromatic heterocycles. The van der Waals surface area contributed by atoms with Gasteiger partial charge in [-0.15, -0.1) is 5.11 Å². The first-order valence-corrected chi connectivity index (χ1v) is 14.0. The summed E-state index contributed by atoms with van der Waals surface area (Å²) in [5.74, 6) is 1.94. The summed E-state index contributed by atoms with van der Waals surface area (Å²) in [7, 11) is 1.88. The van der Waals surface area contributed by atoms with Gasteiger partial charge in [0.1, 0.15) is 5.70 Å². The van der Waals surface area contributed by atoms with Crippen LogP contribution in [0.4, 0.5) is 0 Å². The Kier molecular flexibility index (Phi) is 7.82. The molecule has 0 spiro atoms. The predicted octanol–water partition coefficient (Wildman–Crippen LogP) is 5.41. The molecule has 1 radical (unpaired) electrons. The maximum Gasteiger partial charge on any atom is 0.178 e. The van der Waals surface area contributed by atoms with Gasteiger partial charge in [0.05, 0.1) is 37.4 Å². The number of likely N-dealkylation sites (tertiary alicyclic amines) is 1. The summed E-state index contributed by atoms with van der Waals surface area (Å²) in [6.07, 6.45) is 14.9. The van der Waals surface area contributed by atoms with Crippen molar-refractivity contribution in [3.63, 3.8) is 0 Å². The van der Waals surface area contributed by atoms with Crippen LogP contribution in [-0.4, -0.2) is 61.7 Å². The van der Waals surface area contributed by atoms with E-state index >= 15 is 0 Å². The van der Waals surface area contributed by atoms with E-state index in [0.717, 1.165) is 48.4 Å². The minimum absolute atomic E-state index is 0.481. The van der Waals surface area contributed by atoms with Crippen LogP contribution in [0, 0.1) is 6.42 Å². The highest BCUT2D eigenvalue weighted by Gasteiger charge is 2.25. The van der Waals surface area contributed by atoms with E-state index in [1.807, 2.05) is 44.4 Å². The van der Waals surface area contributed by atoms with Crippen LogP contribution in [0.15, 0.2) is 93.9 Å². The fourth-order valence-electron chi connectivity index (χ4n) is 5.07. The van der Waals surface area contributed by atoms with Crippen LogP contribution < -0.4 is 4.74 Å². The second-order valence-electron chi connectivity index (χ2n) is 10.4. The van der Waals surface area contributed by atoms with Crippen molar-refractivity contribution in [1.29, 1.82) is 0 Å². The zero-order chi connectivity index (χ0) is 28.2. The molecule has 0 saturated heterocycles. The lowest BCUT2D eigenvalue weighted by atomic mass is 10.1. The first-order chi connectivity index (χ1) is 20.1. The minimum Gasteiger partial charge on any atom is -0.490 e. The molecule has 0 bridgehead atoms. The van der Waals surface area contributed by atoms with Gasteiger partial charge in [0.15, 0.2) is 17.4 Å². The molecule has 0 saturated carbocycles. The summed E-state index contributed by atoms with van der Waals surface area (Å²) in [6.45, 7) is 10.5. The second kappa shape index (κ2) is 12.0. The van der Waals surface area contributed by atoms with Crippen molar-refractivity contribution in [2.75, 3.05) is 26.2 Å². The number of ether oxygens (including phenoxy) is 1. The van der Waals surface area contributed by atoms with E-state index in [4.69, 9.17) is 9.73 Å². The topological polar surface area (TPSA) is 96.4 Å². The fourth-order valence-corrected chi connectivity index (χ4v) is 5.07. The largest absolute Gasteiger partial charge is 0.490 e. The zero-order valence-corrected chi connectivity index (χ0v) is 23.6. The van der Waals surface area contributed by atoms with Crippen molar-refractivity contribution < 1.29 is 4.74 Å². The van der Waals surface area contributed by atoms with E-state index in [9.17, 15) is 0 Å². The molecular weight excluding hydrogens is 514 g/mol. The molecule has 41 heavy (non-hydrogen) atoms. The lowest BCUT2D eigenvalue weighted by Gasteiger charge is -2.20. The molecule has 2 aliphatic heterocycles. The number of aliphatic imine (C=N–C) groups is 1. The maximum atomic E-state index is 5.93. The molecule has 3 aliphatic rings. The predicted molar refractivity (Wildman–Crippen MR) is 158 cm³/mol. The van der Waals surface area contributed by atoms with Crippen molar-refractivity contribution in [3.05, 3.63) is 96.1 Å². The summed E-state index contributed by atoms with van der Waals surface area (Å²) >= 11 is 0. The molecule has 0 fully saturated rings.